The first-order valence-corrected chi connectivity index (χ1v) is 6.00. The molecule has 1 aromatic rings. The van der Waals surface area contributed by atoms with Crippen LogP contribution in [0.1, 0.15) is 33.3 Å². The van der Waals surface area contributed by atoms with E-state index in [0.717, 1.165) is 6.54 Å². The van der Waals surface area contributed by atoms with Crippen LogP contribution in [0.15, 0.2) is 18.2 Å². The Balaban J connectivity index is 2.42. The maximum Gasteiger partial charge on any atom is 0.0603 e. The van der Waals surface area contributed by atoms with Crippen molar-refractivity contribution in [2.45, 2.75) is 39.2 Å². The highest BCUT2D eigenvalue weighted by atomic mass is 15.2. The second-order valence-electron chi connectivity index (χ2n) is 5.91. The molecule has 0 spiro atoms. The fraction of sp³-hybridized carbons (Fsp3) is 0.571. The van der Waals surface area contributed by atoms with Crippen molar-refractivity contribution in [1.82, 2.24) is 0 Å². The molecule has 0 amide bonds. The zero-order valence-electron chi connectivity index (χ0n) is 11.0. The lowest BCUT2D eigenvalue weighted by molar-refractivity contribution is 0.589. The van der Waals surface area contributed by atoms with Crippen molar-refractivity contribution >= 4 is 11.4 Å². The Kier molecular flexibility index (Phi) is 2.61. The van der Waals surface area contributed by atoms with Gasteiger partial charge in [0.15, 0.2) is 0 Å². The van der Waals surface area contributed by atoms with Crippen molar-refractivity contribution in [3.05, 3.63) is 23.8 Å². The van der Waals surface area contributed by atoms with Crippen LogP contribution in [0.3, 0.4) is 0 Å². The molecule has 1 aliphatic heterocycles. The zero-order chi connectivity index (χ0) is 11.9. The SMILES string of the molecule is CC1CN(C)c2cc(C(C)(C)C)ccc2N1. The van der Waals surface area contributed by atoms with Gasteiger partial charge in [0, 0.05) is 19.6 Å². The quantitative estimate of drug-likeness (QED) is 0.719. The van der Waals surface area contributed by atoms with E-state index >= 15 is 0 Å². The van der Waals surface area contributed by atoms with E-state index in [1.165, 1.54) is 16.9 Å². The summed E-state index contributed by atoms with van der Waals surface area (Å²) in [5, 5.41) is 3.53. The number of hydrogen-bond donors (Lipinski definition) is 1. The van der Waals surface area contributed by atoms with Gasteiger partial charge in [-0.1, -0.05) is 26.8 Å². The minimum absolute atomic E-state index is 0.221. The lowest BCUT2D eigenvalue weighted by atomic mass is 9.86. The van der Waals surface area contributed by atoms with Crippen LogP contribution >= 0.6 is 0 Å². The second-order valence-corrected chi connectivity index (χ2v) is 5.91. The highest BCUT2D eigenvalue weighted by molar-refractivity contribution is 5.73. The Labute approximate surface area is 98.7 Å². The maximum absolute atomic E-state index is 3.53. The van der Waals surface area contributed by atoms with Crippen molar-refractivity contribution in [2.24, 2.45) is 0 Å². The summed E-state index contributed by atoms with van der Waals surface area (Å²) in [7, 11) is 2.17. The van der Waals surface area contributed by atoms with E-state index in [-0.39, 0.29) is 5.41 Å². The van der Waals surface area contributed by atoms with Crippen LogP contribution in [0.4, 0.5) is 11.4 Å². The standard InChI is InChI=1S/C14H22N2/c1-10-9-16(5)13-8-11(14(2,3)4)6-7-12(13)15-10/h6-8,10,15H,9H2,1-5H3. The molecule has 0 radical (unpaired) electrons. The van der Waals surface area contributed by atoms with E-state index in [2.05, 4.69) is 63.2 Å². The highest BCUT2D eigenvalue weighted by Crippen LogP contribution is 2.34. The smallest absolute Gasteiger partial charge is 0.0603 e. The minimum Gasteiger partial charge on any atom is -0.379 e. The van der Waals surface area contributed by atoms with Gasteiger partial charge in [-0.3, -0.25) is 0 Å². The molecule has 1 heterocycles. The molecular weight excluding hydrogens is 196 g/mol. The highest BCUT2D eigenvalue weighted by Gasteiger charge is 2.21. The summed E-state index contributed by atoms with van der Waals surface area (Å²) in [6.45, 7) is 10.1. The summed E-state index contributed by atoms with van der Waals surface area (Å²) in [5.74, 6) is 0. The predicted molar refractivity (Wildman–Crippen MR) is 71.5 cm³/mol. The first kappa shape index (κ1) is 11.3. The third kappa shape index (κ3) is 2.01. The molecule has 1 unspecified atom stereocenters. The third-order valence-corrected chi connectivity index (χ3v) is 3.22. The van der Waals surface area contributed by atoms with Crippen LogP contribution in [-0.4, -0.2) is 19.6 Å². The van der Waals surface area contributed by atoms with Crippen molar-refractivity contribution in [3.8, 4) is 0 Å². The molecule has 0 saturated carbocycles. The van der Waals surface area contributed by atoms with E-state index in [4.69, 9.17) is 0 Å². The molecule has 1 aromatic carbocycles. The molecule has 2 rings (SSSR count). The molecule has 0 saturated heterocycles. The summed E-state index contributed by atoms with van der Waals surface area (Å²) in [6, 6.07) is 7.28. The lowest BCUT2D eigenvalue weighted by Gasteiger charge is -2.34. The molecule has 2 heteroatoms. The molecule has 0 aromatic heterocycles. The van der Waals surface area contributed by atoms with Gasteiger partial charge in [-0.15, -0.1) is 0 Å². The van der Waals surface area contributed by atoms with Crippen LogP contribution < -0.4 is 10.2 Å². The average molecular weight is 218 g/mol. The number of rotatable bonds is 0. The Morgan fingerprint density at radius 3 is 2.62 bits per heavy atom. The Morgan fingerprint density at radius 2 is 2.00 bits per heavy atom. The van der Waals surface area contributed by atoms with E-state index in [0.29, 0.717) is 6.04 Å². The zero-order valence-corrected chi connectivity index (χ0v) is 11.0. The topological polar surface area (TPSA) is 15.3 Å². The monoisotopic (exact) mass is 218 g/mol. The molecule has 88 valence electrons. The number of nitrogens with zero attached hydrogens (tertiary/aromatic N) is 1. The van der Waals surface area contributed by atoms with Crippen molar-refractivity contribution in [2.75, 3.05) is 23.8 Å². The van der Waals surface area contributed by atoms with Crippen molar-refractivity contribution in [3.63, 3.8) is 0 Å². The van der Waals surface area contributed by atoms with Crippen LogP contribution in [0.2, 0.25) is 0 Å². The van der Waals surface area contributed by atoms with E-state index in [1.54, 1.807) is 0 Å². The summed E-state index contributed by atoms with van der Waals surface area (Å²) >= 11 is 0. The predicted octanol–water partition coefficient (Wildman–Crippen LogP) is 3.23. The second kappa shape index (κ2) is 3.69. The van der Waals surface area contributed by atoms with Crippen molar-refractivity contribution < 1.29 is 0 Å². The number of likely N-dealkylation sites (N-methyl/N-ethyl adjacent to an activating group) is 1. The van der Waals surface area contributed by atoms with Gasteiger partial charge in [0.1, 0.15) is 0 Å². The minimum atomic E-state index is 0.221. The first-order chi connectivity index (χ1) is 7.38. The molecule has 0 fully saturated rings. The molecule has 0 aliphatic carbocycles. The molecule has 1 aliphatic rings. The van der Waals surface area contributed by atoms with E-state index < -0.39 is 0 Å². The van der Waals surface area contributed by atoms with Gasteiger partial charge in [0.25, 0.3) is 0 Å². The fourth-order valence-electron chi connectivity index (χ4n) is 2.26. The molecule has 1 atom stereocenters. The lowest BCUT2D eigenvalue weighted by Crippen LogP contribution is -2.37. The van der Waals surface area contributed by atoms with Gasteiger partial charge in [-0.2, -0.15) is 0 Å². The van der Waals surface area contributed by atoms with Gasteiger partial charge in [0.2, 0.25) is 0 Å². The molecular formula is C14H22N2. The molecule has 1 N–H and O–H groups in total. The van der Waals surface area contributed by atoms with Gasteiger partial charge in [-0.05, 0) is 30.0 Å². The Bertz CT molecular complexity index is 390. The largest absolute Gasteiger partial charge is 0.379 e. The average Bonchev–Trinajstić information content (AvgIpc) is 2.15. The Morgan fingerprint density at radius 1 is 1.31 bits per heavy atom. The van der Waals surface area contributed by atoms with Crippen LogP contribution in [0.5, 0.6) is 0 Å². The van der Waals surface area contributed by atoms with Gasteiger partial charge in [-0.25, -0.2) is 0 Å². The van der Waals surface area contributed by atoms with Crippen molar-refractivity contribution in [1.29, 1.82) is 0 Å². The van der Waals surface area contributed by atoms with E-state index in [1.807, 2.05) is 0 Å². The normalized spacial score (nSPS) is 20.3. The van der Waals surface area contributed by atoms with Gasteiger partial charge < -0.3 is 10.2 Å². The van der Waals surface area contributed by atoms with Crippen LogP contribution in [0, 0.1) is 0 Å². The third-order valence-electron chi connectivity index (χ3n) is 3.22. The summed E-state index contributed by atoms with van der Waals surface area (Å²) < 4.78 is 0. The maximum atomic E-state index is 3.53. The number of anilines is 2. The summed E-state index contributed by atoms with van der Waals surface area (Å²) in [5.41, 5.74) is 4.20. The molecule has 2 nitrogen and oxygen atoms in total. The van der Waals surface area contributed by atoms with Crippen LogP contribution in [-0.2, 0) is 5.41 Å². The Hall–Kier alpha value is -1.18. The van der Waals surface area contributed by atoms with Gasteiger partial charge >= 0.3 is 0 Å². The number of hydrogen-bond acceptors (Lipinski definition) is 2. The number of nitrogens with one attached hydrogen (secondary N) is 1. The fourth-order valence-corrected chi connectivity index (χ4v) is 2.26. The van der Waals surface area contributed by atoms with Gasteiger partial charge in [0.05, 0.1) is 11.4 Å². The molecule has 0 bridgehead atoms. The van der Waals surface area contributed by atoms with Crippen LogP contribution in [0.25, 0.3) is 0 Å². The van der Waals surface area contributed by atoms with E-state index in [9.17, 15) is 0 Å². The summed E-state index contributed by atoms with van der Waals surface area (Å²) in [4.78, 5) is 2.34. The number of benzene rings is 1. The molecule has 16 heavy (non-hydrogen) atoms. The number of fused-ring (bicyclic) bond motifs is 1. The summed E-state index contributed by atoms with van der Waals surface area (Å²) in [6.07, 6.45) is 0. The first-order valence-electron chi connectivity index (χ1n) is 6.00.